The fourth-order valence-electron chi connectivity index (χ4n) is 2.08. The Morgan fingerprint density at radius 1 is 1.09 bits per heavy atom. The predicted octanol–water partition coefficient (Wildman–Crippen LogP) is 2.85. The van der Waals surface area contributed by atoms with Crippen LogP contribution in [0.15, 0.2) is 59.1 Å². The molecule has 0 saturated carbocycles. The molecule has 0 atom stereocenters. The molecule has 1 N–H and O–H groups in total. The molecule has 2 aromatic carbocycles. The summed E-state index contributed by atoms with van der Waals surface area (Å²) in [5.74, 6) is -0.0271. The van der Waals surface area contributed by atoms with Gasteiger partial charge in [0.1, 0.15) is 5.82 Å². The first-order chi connectivity index (χ1) is 11.2. The van der Waals surface area contributed by atoms with E-state index in [9.17, 15) is 9.18 Å². The van der Waals surface area contributed by atoms with Gasteiger partial charge in [0, 0.05) is 18.5 Å². The van der Waals surface area contributed by atoms with Crippen molar-refractivity contribution in [3.8, 4) is 11.4 Å². The number of benzene rings is 2. The number of amides is 1. The summed E-state index contributed by atoms with van der Waals surface area (Å²) in [5, 5.41) is 6.53. The molecule has 1 amide bonds. The minimum Gasteiger partial charge on any atom is -0.352 e. The molecule has 23 heavy (non-hydrogen) atoms. The van der Waals surface area contributed by atoms with E-state index in [1.54, 1.807) is 42.5 Å². The van der Waals surface area contributed by atoms with E-state index < -0.39 is 5.82 Å². The molecule has 0 aliphatic rings. The van der Waals surface area contributed by atoms with E-state index in [1.165, 1.54) is 6.07 Å². The molecule has 0 aliphatic heterocycles. The second kappa shape index (κ2) is 6.83. The number of carbonyl (C=O) groups is 1. The first kappa shape index (κ1) is 14.9. The number of nitrogens with one attached hydrogen (secondary N) is 1. The molecule has 116 valence electrons. The Morgan fingerprint density at radius 2 is 1.83 bits per heavy atom. The fraction of sp³-hybridized carbons (Fsp3) is 0.118. The molecule has 1 heterocycles. The van der Waals surface area contributed by atoms with Gasteiger partial charge in [-0.05, 0) is 24.3 Å². The Hall–Kier alpha value is -3.02. The first-order valence-corrected chi connectivity index (χ1v) is 7.15. The van der Waals surface area contributed by atoms with Crippen LogP contribution in [0.5, 0.6) is 0 Å². The van der Waals surface area contributed by atoms with Crippen LogP contribution in [0.1, 0.15) is 16.2 Å². The number of hydrogen-bond acceptors (Lipinski definition) is 4. The highest BCUT2D eigenvalue weighted by Gasteiger charge is 2.12. The summed E-state index contributed by atoms with van der Waals surface area (Å²) >= 11 is 0. The Morgan fingerprint density at radius 3 is 2.61 bits per heavy atom. The van der Waals surface area contributed by atoms with E-state index in [2.05, 4.69) is 15.5 Å². The molecule has 3 rings (SSSR count). The van der Waals surface area contributed by atoms with Gasteiger partial charge in [-0.15, -0.1) is 0 Å². The third-order valence-corrected chi connectivity index (χ3v) is 3.24. The smallest absolute Gasteiger partial charge is 0.251 e. The summed E-state index contributed by atoms with van der Waals surface area (Å²) in [4.78, 5) is 16.0. The van der Waals surface area contributed by atoms with Gasteiger partial charge < -0.3 is 9.84 Å². The summed E-state index contributed by atoms with van der Waals surface area (Å²) in [7, 11) is 0. The average Bonchev–Trinajstić information content (AvgIpc) is 3.04. The van der Waals surface area contributed by atoms with Crippen LogP contribution in [0.2, 0.25) is 0 Å². The lowest BCUT2D eigenvalue weighted by molar-refractivity contribution is 0.0953. The van der Waals surface area contributed by atoms with E-state index in [4.69, 9.17) is 4.52 Å². The zero-order valence-electron chi connectivity index (χ0n) is 12.2. The Balaban J connectivity index is 1.58. The van der Waals surface area contributed by atoms with E-state index >= 15 is 0 Å². The van der Waals surface area contributed by atoms with Gasteiger partial charge in [0.05, 0.1) is 5.56 Å². The van der Waals surface area contributed by atoms with Crippen LogP contribution >= 0.6 is 0 Å². The van der Waals surface area contributed by atoms with Crippen molar-refractivity contribution in [2.45, 2.75) is 6.42 Å². The van der Waals surface area contributed by atoms with Crippen molar-refractivity contribution >= 4 is 5.91 Å². The molecular weight excluding hydrogens is 297 g/mol. The maximum Gasteiger partial charge on any atom is 0.251 e. The van der Waals surface area contributed by atoms with Crippen molar-refractivity contribution in [2.24, 2.45) is 0 Å². The minimum absolute atomic E-state index is 0.167. The summed E-state index contributed by atoms with van der Waals surface area (Å²) in [6.45, 7) is 0.354. The van der Waals surface area contributed by atoms with Gasteiger partial charge in [0.15, 0.2) is 0 Å². The quantitative estimate of drug-likeness (QED) is 0.786. The highest BCUT2D eigenvalue weighted by atomic mass is 19.1. The number of carbonyl (C=O) groups excluding carboxylic acids is 1. The first-order valence-electron chi connectivity index (χ1n) is 7.15. The SMILES string of the molecule is O=C(NCCc1nc(-c2ccccc2F)no1)c1ccccc1. The van der Waals surface area contributed by atoms with Gasteiger partial charge in [-0.1, -0.05) is 35.5 Å². The maximum absolute atomic E-state index is 13.7. The molecule has 0 spiro atoms. The summed E-state index contributed by atoms with van der Waals surface area (Å²) < 4.78 is 18.7. The van der Waals surface area contributed by atoms with Crippen molar-refractivity contribution in [3.63, 3.8) is 0 Å². The molecule has 0 bridgehead atoms. The van der Waals surface area contributed by atoms with Crippen LogP contribution in [-0.2, 0) is 6.42 Å². The fourth-order valence-corrected chi connectivity index (χ4v) is 2.08. The zero-order valence-corrected chi connectivity index (χ0v) is 12.2. The van der Waals surface area contributed by atoms with E-state index in [1.807, 2.05) is 6.07 Å². The highest BCUT2D eigenvalue weighted by Crippen LogP contribution is 2.19. The number of rotatable bonds is 5. The lowest BCUT2D eigenvalue weighted by atomic mass is 10.2. The number of hydrogen-bond donors (Lipinski definition) is 1. The predicted molar refractivity (Wildman–Crippen MR) is 82.2 cm³/mol. The Labute approximate surface area is 132 Å². The topological polar surface area (TPSA) is 68.0 Å². The average molecular weight is 311 g/mol. The Kier molecular flexibility index (Phi) is 4.42. The van der Waals surface area contributed by atoms with Crippen molar-refractivity contribution < 1.29 is 13.7 Å². The third-order valence-electron chi connectivity index (χ3n) is 3.24. The largest absolute Gasteiger partial charge is 0.352 e. The molecule has 3 aromatic rings. The number of nitrogens with zero attached hydrogens (tertiary/aromatic N) is 2. The normalized spacial score (nSPS) is 10.5. The monoisotopic (exact) mass is 311 g/mol. The van der Waals surface area contributed by atoms with Crippen molar-refractivity contribution in [3.05, 3.63) is 71.9 Å². The zero-order chi connectivity index (χ0) is 16.1. The van der Waals surface area contributed by atoms with Crippen LogP contribution in [0.25, 0.3) is 11.4 Å². The van der Waals surface area contributed by atoms with Gasteiger partial charge in [0.25, 0.3) is 5.91 Å². The second-order valence-corrected chi connectivity index (χ2v) is 4.86. The van der Waals surface area contributed by atoms with Crippen LogP contribution in [0.4, 0.5) is 4.39 Å². The molecule has 0 saturated heterocycles. The van der Waals surface area contributed by atoms with Crippen molar-refractivity contribution in [2.75, 3.05) is 6.54 Å². The molecule has 0 fully saturated rings. The molecule has 0 aliphatic carbocycles. The van der Waals surface area contributed by atoms with Crippen LogP contribution < -0.4 is 5.32 Å². The van der Waals surface area contributed by atoms with Gasteiger partial charge in [0.2, 0.25) is 11.7 Å². The number of aromatic nitrogens is 2. The van der Waals surface area contributed by atoms with Crippen LogP contribution in [0, 0.1) is 5.82 Å². The van der Waals surface area contributed by atoms with Gasteiger partial charge in [-0.25, -0.2) is 4.39 Å². The maximum atomic E-state index is 13.7. The third kappa shape index (κ3) is 3.60. The lowest BCUT2D eigenvalue weighted by Gasteiger charge is -2.02. The summed E-state index contributed by atoms with van der Waals surface area (Å²) in [6, 6.07) is 15.1. The van der Waals surface area contributed by atoms with Crippen LogP contribution in [0.3, 0.4) is 0 Å². The molecule has 6 heteroatoms. The number of halogens is 1. The van der Waals surface area contributed by atoms with Gasteiger partial charge >= 0.3 is 0 Å². The minimum atomic E-state index is -0.405. The lowest BCUT2D eigenvalue weighted by Crippen LogP contribution is -2.25. The van der Waals surface area contributed by atoms with Gasteiger partial charge in [-0.2, -0.15) is 4.98 Å². The molecule has 5 nitrogen and oxygen atoms in total. The molecule has 0 unspecified atom stereocenters. The van der Waals surface area contributed by atoms with E-state index in [0.29, 0.717) is 24.4 Å². The molecule has 1 aromatic heterocycles. The van der Waals surface area contributed by atoms with Crippen molar-refractivity contribution in [1.82, 2.24) is 15.5 Å². The van der Waals surface area contributed by atoms with Crippen molar-refractivity contribution in [1.29, 1.82) is 0 Å². The Bertz CT molecular complexity index is 802. The molecule has 0 radical (unpaired) electrons. The summed E-state index contributed by atoms with van der Waals surface area (Å²) in [5.41, 5.74) is 0.876. The van der Waals surface area contributed by atoms with Crippen LogP contribution in [-0.4, -0.2) is 22.6 Å². The standard InChI is InChI=1S/C17H14FN3O2/c18-14-9-5-4-8-13(14)16-20-15(23-21-16)10-11-19-17(22)12-6-2-1-3-7-12/h1-9H,10-11H2,(H,19,22). The second-order valence-electron chi connectivity index (χ2n) is 4.86. The summed E-state index contributed by atoms with van der Waals surface area (Å²) in [6.07, 6.45) is 0.375. The van der Waals surface area contributed by atoms with E-state index in [0.717, 1.165) is 0 Å². The van der Waals surface area contributed by atoms with Gasteiger partial charge in [-0.3, -0.25) is 4.79 Å². The highest BCUT2D eigenvalue weighted by molar-refractivity contribution is 5.94. The molecular formula is C17H14FN3O2. The van der Waals surface area contributed by atoms with E-state index in [-0.39, 0.29) is 17.3 Å².